The quantitative estimate of drug-likeness (QED) is 0.799. The van der Waals surface area contributed by atoms with Crippen molar-refractivity contribution in [2.75, 3.05) is 0 Å². The van der Waals surface area contributed by atoms with Crippen molar-refractivity contribution in [3.63, 3.8) is 0 Å². The Labute approximate surface area is 138 Å². The molecule has 3 rings (SSSR count). The lowest BCUT2D eigenvalue weighted by Gasteiger charge is -2.09. The Morgan fingerprint density at radius 1 is 1.17 bits per heavy atom. The average molecular weight is 325 g/mol. The van der Waals surface area contributed by atoms with E-state index in [2.05, 4.69) is 20.8 Å². The molecule has 0 aliphatic carbocycles. The van der Waals surface area contributed by atoms with E-state index in [0.717, 1.165) is 11.3 Å². The van der Waals surface area contributed by atoms with E-state index in [0.29, 0.717) is 16.7 Å². The van der Waals surface area contributed by atoms with Crippen LogP contribution in [0.3, 0.4) is 0 Å². The fraction of sp³-hybridized carbons (Fsp3) is 0.176. The van der Waals surface area contributed by atoms with Gasteiger partial charge in [0.25, 0.3) is 5.91 Å². The van der Waals surface area contributed by atoms with Gasteiger partial charge in [-0.25, -0.2) is 9.07 Å². The number of hydrogen-bond acceptors (Lipinski definition) is 4. The van der Waals surface area contributed by atoms with Gasteiger partial charge in [0.1, 0.15) is 12.1 Å². The van der Waals surface area contributed by atoms with Crippen molar-refractivity contribution in [3.05, 3.63) is 70.8 Å². The SMILES string of the molecule is Cc1ccc(CNC(=O)c2ccc(-n3cnnn3)c(C)c2)cc1F. The Bertz CT molecular complexity index is 877. The van der Waals surface area contributed by atoms with Crippen molar-refractivity contribution in [2.24, 2.45) is 0 Å². The molecule has 1 heterocycles. The van der Waals surface area contributed by atoms with Crippen LogP contribution in [-0.2, 0) is 6.54 Å². The van der Waals surface area contributed by atoms with Gasteiger partial charge >= 0.3 is 0 Å². The summed E-state index contributed by atoms with van der Waals surface area (Å²) >= 11 is 0. The van der Waals surface area contributed by atoms with Crippen LogP contribution in [0.1, 0.15) is 27.0 Å². The zero-order valence-corrected chi connectivity index (χ0v) is 13.3. The number of nitrogens with one attached hydrogen (secondary N) is 1. The van der Waals surface area contributed by atoms with Crippen LogP contribution < -0.4 is 5.32 Å². The molecular formula is C17H16FN5O. The molecule has 0 fully saturated rings. The minimum Gasteiger partial charge on any atom is -0.348 e. The number of aryl methyl sites for hydroxylation is 2. The Morgan fingerprint density at radius 2 is 2.00 bits per heavy atom. The minimum absolute atomic E-state index is 0.220. The van der Waals surface area contributed by atoms with Crippen LogP contribution in [0, 0.1) is 19.7 Å². The minimum atomic E-state index is -0.275. The van der Waals surface area contributed by atoms with Gasteiger partial charge in [-0.15, -0.1) is 5.10 Å². The molecule has 6 nitrogen and oxygen atoms in total. The number of benzene rings is 2. The Morgan fingerprint density at radius 3 is 2.67 bits per heavy atom. The van der Waals surface area contributed by atoms with Crippen LogP contribution in [0.2, 0.25) is 0 Å². The summed E-state index contributed by atoms with van der Waals surface area (Å²) in [6.07, 6.45) is 1.49. The molecule has 7 heteroatoms. The predicted octanol–water partition coefficient (Wildman–Crippen LogP) is 2.35. The summed E-state index contributed by atoms with van der Waals surface area (Å²) in [7, 11) is 0. The highest BCUT2D eigenvalue weighted by Gasteiger charge is 2.10. The summed E-state index contributed by atoms with van der Waals surface area (Å²) < 4.78 is 15.1. The zero-order valence-electron chi connectivity index (χ0n) is 13.3. The van der Waals surface area contributed by atoms with Gasteiger partial charge in [0.15, 0.2) is 0 Å². The van der Waals surface area contributed by atoms with E-state index in [9.17, 15) is 9.18 Å². The van der Waals surface area contributed by atoms with Gasteiger partial charge in [-0.3, -0.25) is 4.79 Å². The summed E-state index contributed by atoms with van der Waals surface area (Å²) in [6, 6.07) is 10.2. The molecule has 0 spiro atoms. The standard InChI is InChI=1S/C17H16FN5O/c1-11-3-4-13(8-15(11)18)9-19-17(24)14-5-6-16(12(2)7-14)23-10-20-21-22-23/h3-8,10H,9H2,1-2H3,(H,19,24). The molecule has 3 aromatic rings. The third-order valence-corrected chi connectivity index (χ3v) is 3.74. The molecule has 0 unspecified atom stereocenters. The number of carbonyl (C=O) groups is 1. The fourth-order valence-corrected chi connectivity index (χ4v) is 2.36. The Balaban J connectivity index is 1.71. The van der Waals surface area contributed by atoms with Gasteiger partial charge < -0.3 is 5.32 Å². The van der Waals surface area contributed by atoms with Gasteiger partial charge in [0.2, 0.25) is 0 Å². The Hall–Kier alpha value is -3.09. The Kier molecular flexibility index (Phi) is 4.33. The first-order valence-corrected chi connectivity index (χ1v) is 7.42. The first-order valence-electron chi connectivity index (χ1n) is 7.42. The van der Waals surface area contributed by atoms with Gasteiger partial charge in [0.05, 0.1) is 5.69 Å². The van der Waals surface area contributed by atoms with Crippen molar-refractivity contribution in [2.45, 2.75) is 20.4 Å². The average Bonchev–Trinajstić information content (AvgIpc) is 3.09. The number of carbonyl (C=O) groups excluding carboxylic acids is 1. The number of halogens is 1. The lowest BCUT2D eigenvalue weighted by atomic mass is 10.1. The van der Waals surface area contributed by atoms with E-state index in [4.69, 9.17) is 0 Å². The maximum atomic E-state index is 13.5. The molecule has 2 aromatic carbocycles. The summed E-state index contributed by atoms with van der Waals surface area (Å²) in [5, 5.41) is 13.8. The number of amides is 1. The third kappa shape index (κ3) is 3.29. The number of hydrogen-bond donors (Lipinski definition) is 1. The normalized spacial score (nSPS) is 10.6. The molecule has 1 amide bonds. The molecular weight excluding hydrogens is 309 g/mol. The first-order chi connectivity index (χ1) is 11.5. The predicted molar refractivity (Wildman–Crippen MR) is 86.2 cm³/mol. The van der Waals surface area contributed by atoms with Gasteiger partial charge in [-0.05, 0) is 65.2 Å². The molecule has 1 aromatic heterocycles. The van der Waals surface area contributed by atoms with Gasteiger partial charge in [-0.1, -0.05) is 12.1 Å². The highest BCUT2D eigenvalue weighted by atomic mass is 19.1. The molecule has 24 heavy (non-hydrogen) atoms. The summed E-state index contributed by atoms with van der Waals surface area (Å²) in [4.78, 5) is 12.3. The number of aromatic nitrogens is 4. The monoisotopic (exact) mass is 325 g/mol. The lowest BCUT2D eigenvalue weighted by Crippen LogP contribution is -2.23. The van der Waals surface area contributed by atoms with Crippen molar-refractivity contribution in [1.29, 1.82) is 0 Å². The van der Waals surface area contributed by atoms with Gasteiger partial charge in [0, 0.05) is 12.1 Å². The number of rotatable bonds is 4. The van der Waals surface area contributed by atoms with Crippen LogP contribution in [0.25, 0.3) is 5.69 Å². The maximum Gasteiger partial charge on any atom is 0.251 e. The van der Waals surface area contributed by atoms with E-state index < -0.39 is 0 Å². The van der Waals surface area contributed by atoms with Crippen LogP contribution in [0.4, 0.5) is 4.39 Å². The summed E-state index contributed by atoms with van der Waals surface area (Å²) in [5.41, 5.74) is 3.50. The molecule has 0 radical (unpaired) electrons. The molecule has 0 saturated carbocycles. The highest BCUT2D eigenvalue weighted by Crippen LogP contribution is 2.15. The van der Waals surface area contributed by atoms with Crippen molar-refractivity contribution < 1.29 is 9.18 Å². The molecule has 1 N–H and O–H groups in total. The van der Waals surface area contributed by atoms with Crippen molar-refractivity contribution >= 4 is 5.91 Å². The lowest BCUT2D eigenvalue weighted by molar-refractivity contribution is 0.0951. The molecule has 0 bridgehead atoms. The third-order valence-electron chi connectivity index (χ3n) is 3.74. The van der Waals surface area contributed by atoms with Crippen LogP contribution >= 0.6 is 0 Å². The maximum absolute atomic E-state index is 13.5. The number of nitrogens with zero attached hydrogens (tertiary/aromatic N) is 4. The van der Waals surface area contributed by atoms with E-state index in [-0.39, 0.29) is 18.3 Å². The van der Waals surface area contributed by atoms with E-state index in [1.807, 2.05) is 6.92 Å². The largest absolute Gasteiger partial charge is 0.348 e. The smallest absolute Gasteiger partial charge is 0.251 e. The first kappa shape index (κ1) is 15.8. The zero-order chi connectivity index (χ0) is 17.1. The molecule has 0 atom stereocenters. The van der Waals surface area contributed by atoms with E-state index >= 15 is 0 Å². The number of tetrazole rings is 1. The van der Waals surface area contributed by atoms with Gasteiger partial charge in [-0.2, -0.15) is 0 Å². The van der Waals surface area contributed by atoms with Crippen LogP contribution in [-0.4, -0.2) is 26.1 Å². The molecule has 0 saturated heterocycles. The van der Waals surface area contributed by atoms with E-state index in [1.165, 1.54) is 17.1 Å². The van der Waals surface area contributed by atoms with Crippen molar-refractivity contribution in [3.8, 4) is 5.69 Å². The fourth-order valence-electron chi connectivity index (χ4n) is 2.36. The second-order valence-corrected chi connectivity index (χ2v) is 5.52. The molecule has 0 aliphatic rings. The summed E-state index contributed by atoms with van der Waals surface area (Å²) in [6.45, 7) is 3.85. The van der Waals surface area contributed by atoms with E-state index in [1.54, 1.807) is 37.3 Å². The van der Waals surface area contributed by atoms with Crippen LogP contribution in [0.15, 0.2) is 42.7 Å². The second-order valence-electron chi connectivity index (χ2n) is 5.52. The molecule has 122 valence electrons. The second kappa shape index (κ2) is 6.57. The topological polar surface area (TPSA) is 72.7 Å². The van der Waals surface area contributed by atoms with Crippen LogP contribution in [0.5, 0.6) is 0 Å². The van der Waals surface area contributed by atoms with Crippen molar-refractivity contribution in [1.82, 2.24) is 25.5 Å². The summed E-state index contributed by atoms with van der Waals surface area (Å²) in [5.74, 6) is -0.495. The highest BCUT2D eigenvalue weighted by molar-refractivity contribution is 5.94. The molecule has 0 aliphatic heterocycles.